The van der Waals surface area contributed by atoms with E-state index in [1.807, 2.05) is 19.1 Å². The highest BCUT2D eigenvalue weighted by molar-refractivity contribution is 7.47. The van der Waals surface area contributed by atoms with Crippen LogP contribution in [0, 0.1) is 0 Å². The molecule has 0 radical (unpaired) electrons. The summed E-state index contributed by atoms with van der Waals surface area (Å²) in [6.07, 6.45) is 29.5. The van der Waals surface area contributed by atoms with E-state index in [0.29, 0.717) is 12.8 Å². The molecule has 15 heteroatoms. The van der Waals surface area contributed by atoms with E-state index in [0.717, 1.165) is 32.1 Å². The number of nitrogens with two attached hydrogens (primary N) is 1. The van der Waals surface area contributed by atoms with Crippen molar-refractivity contribution in [3.05, 3.63) is 60.8 Å². The first-order valence-corrected chi connectivity index (χ1v) is 22.1. The van der Waals surface area contributed by atoms with Crippen molar-refractivity contribution in [2.24, 2.45) is 5.73 Å². The molecule has 6 atom stereocenters. The minimum atomic E-state index is -4.80. The van der Waals surface area contributed by atoms with Crippen LogP contribution in [0.25, 0.3) is 0 Å². The highest BCUT2D eigenvalue weighted by atomic mass is 31.2. The van der Waals surface area contributed by atoms with E-state index in [4.69, 9.17) is 24.8 Å². The predicted molar refractivity (Wildman–Crippen MR) is 221 cm³/mol. The van der Waals surface area contributed by atoms with Crippen LogP contribution in [0.2, 0.25) is 0 Å². The third kappa shape index (κ3) is 34.8. The molecule has 0 aromatic rings. The minimum absolute atomic E-state index is 0.0783. The smallest absolute Gasteiger partial charge is 0.472 e. The first kappa shape index (κ1) is 54.1. The molecule has 0 fully saturated rings. The normalized spacial score (nSPS) is 16.1. The van der Waals surface area contributed by atoms with Crippen LogP contribution in [-0.4, -0.2) is 93.5 Å². The van der Waals surface area contributed by atoms with Gasteiger partial charge in [-0.05, 0) is 32.1 Å². The molecule has 328 valence electrons. The lowest BCUT2D eigenvalue weighted by molar-refractivity contribution is -0.161. The predicted octanol–water partition coefficient (Wildman–Crippen LogP) is 7.30. The number of phosphoric acid groups is 1. The van der Waals surface area contributed by atoms with Crippen LogP contribution in [-0.2, 0) is 37.5 Å². The van der Waals surface area contributed by atoms with E-state index < -0.39 is 76.0 Å². The molecule has 0 amide bonds. The van der Waals surface area contributed by atoms with Gasteiger partial charge in [0.15, 0.2) is 6.10 Å². The van der Waals surface area contributed by atoms with Crippen molar-refractivity contribution >= 4 is 25.7 Å². The summed E-state index contributed by atoms with van der Waals surface area (Å²) in [6.45, 7) is 2.24. The molecule has 1 unspecified atom stereocenters. The molecule has 0 saturated carbocycles. The molecule has 0 aliphatic heterocycles. The maximum Gasteiger partial charge on any atom is 0.472 e. The maximum absolute atomic E-state index is 12.6. The highest BCUT2D eigenvalue weighted by Crippen LogP contribution is 2.43. The van der Waals surface area contributed by atoms with Crippen molar-refractivity contribution in [1.29, 1.82) is 0 Å². The lowest BCUT2D eigenvalue weighted by Crippen LogP contribution is -2.34. The molecule has 14 nitrogen and oxygen atoms in total. The number of hydrogen-bond acceptors (Lipinski definition) is 12. The number of carbonyl (C=O) groups is 3. The Labute approximate surface area is 340 Å². The van der Waals surface area contributed by atoms with Crippen LogP contribution in [0.1, 0.15) is 136 Å². The van der Waals surface area contributed by atoms with Gasteiger partial charge in [0.2, 0.25) is 0 Å². The van der Waals surface area contributed by atoms with Crippen LogP contribution >= 0.6 is 7.82 Å². The summed E-state index contributed by atoms with van der Waals surface area (Å²) in [5.41, 5.74) is 5.30. The van der Waals surface area contributed by atoms with E-state index in [9.17, 15) is 39.2 Å². The Bertz CT molecular complexity index is 1250. The number of aliphatic hydroxyl groups excluding tert-OH is 3. The molecule has 0 spiro atoms. The fourth-order valence-corrected chi connectivity index (χ4v) is 6.01. The van der Waals surface area contributed by atoms with Crippen molar-refractivity contribution < 1.29 is 62.8 Å². The van der Waals surface area contributed by atoms with Crippen molar-refractivity contribution in [2.45, 2.75) is 166 Å². The molecule has 0 aromatic heterocycles. The van der Waals surface area contributed by atoms with Crippen LogP contribution in [0.4, 0.5) is 0 Å². The van der Waals surface area contributed by atoms with Gasteiger partial charge < -0.3 is 40.5 Å². The van der Waals surface area contributed by atoms with Gasteiger partial charge in [-0.2, -0.15) is 0 Å². The highest BCUT2D eigenvalue weighted by Gasteiger charge is 2.28. The number of phosphoric ester groups is 1. The van der Waals surface area contributed by atoms with Gasteiger partial charge >= 0.3 is 25.7 Å². The maximum atomic E-state index is 12.6. The third-order valence-corrected chi connectivity index (χ3v) is 9.57. The van der Waals surface area contributed by atoms with Crippen LogP contribution in [0.5, 0.6) is 0 Å². The Kier molecular flexibility index (Phi) is 34.3. The van der Waals surface area contributed by atoms with Crippen LogP contribution in [0.3, 0.4) is 0 Å². The minimum Gasteiger partial charge on any atom is -0.480 e. The molecule has 0 rings (SSSR count). The number of rotatable bonds is 37. The summed E-state index contributed by atoms with van der Waals surface area (Å²) in [6, 6.07) is -1.57. The Morgan fingerprint density at radius 2 is 1.19 bits per heavy atom. The average molecular weight is 830 g/mol. The molecule has 0 saturated heterocycles. The molecule has 0 heterocycles. The number of aliphatic carboxylic acids is 1. The first-order chi connectivity index (χ1) is 27.3. The van der Waals surface area contributed by atoms with Crippen molar-refractivity contribution in [3.63, 3.8) is 0 Å². The summed E-state index contributed by atoms with van der Waals surface area (Å²) < 4.78 is 32.4. The molecular formula is C42H72NO13P. The largest absolute Gasteiger partial charge is 0.480 e. The fraction of sp³-hybridized carbons (Fsp3) is 0.690. The van der Waals surface area contributed by atoms with Gasteiger partial charge in [0.1, 0.15) is 12.6 Å². The Morgan fingerprint density at radius 3 is 1.77 bits per heavy atom. The number of ether oxygens (including phenoxy) is 2. The van der Waals surface area contributed by atoms with Gasteiger partial charge in [-0.3, -0.25) is 23.4 Å². The standard InChI is InChI=1S/C42H72NO13P/c1-3-5-7-8-9-10-11-12-13-14-15-20-24-30-41(48)56-36(33-54-57(51,52)55-34-37(43)42(49)50)32-53-40(47)31-25-29-39(46)38(45)28-23-19-17-16-18-22-27-35(44)26-21-6-4-2/h6,16-19,21-23,27-28,35-39,44-46H,3-5,7-15,20,24-26,29-34,43H2,1-2H3,(H,49,50)(H,51,52)/b18-16+,19-17-,21-6-,27-22+,28-23-/t35-,36-,37+,38+,39+/m1/s1. The van der Waals surface area contributed by atoms with Gasteiger partial charge in [-0.25, -0.2) is 4.57 Å². The molecule has 0 bridgehead atoms. The third-order valence-electron chi connectivity index (χ3n) is 8.62. The monoisotopic (exact) mass is 829 g/mol. The molecule has 0 aromatic carbocycles. The number of carboxylic acid groups (broad SMARTS) is 1. The zero-order valence-electron chi connectivity index (χ0n) is 34.2. The number of aliphatic hydroxyl groups is 3. The van der Waals surface area contributed by atoms with Crippen molar-refractivity contribution in [1.82, 2.24) is 0 Å². The molecular weight excluding hydrogens is 757 g/mol. The van der Waals surface area contributed by atoms with Crippen molar-refractivity contribution in [2.75, 3.05) is 19.8 Å². The lowest BCUT2D eigenvalue weighted by Gasteiger charge is -2.20. The van der Waals surface area contributed by atoms with Crippen LogP contribution in [0.15, 0.2) is 60.8 Å². The summed E-state index contributed by atoms with van der Waals surface area (Å²) in [5.74, 6) is -2.76. The summed E-state index contributed by atoms with van der Waals surface area (Å²) in [7, 11) is -4.80. The average Bonchev–Trinajstić information content (AvgIpc) is 3.17. The molecule has 0 aliphatic rings. The van der Waals surface area contributed by atoms with E-state index in [2.05, 4.69) is 11.4 Å². The van der Waals surface area contributed by atoms with E-state index in [-0.39, 0.29) is 25.7 Å². The second kappa shape index (κ2) is 36.2. The van der Waals surface area contributed by atoms with E-state index in [1.165, 1.54) is 57.4 Å². The Balaban J connectivity index is 4.73. The summed E-state index contributed by atoms with van der Waals surface area (Å²) in [4.78, 5) is 45.9. The van der Waals surface area contributed by atoms with Gasteiger partial charge in [-0.1, -0.05) is 152 Å². The fourth-order valence-electron chi connectivity index (χ4n) is 5.23. The van der Waals surface area contributed by atoms with Gasteiger partial charge in [0.25, 0.3) is 0 Å². The van der Waals surface area contributed by atoms with Crippen LogP contribution < -0.4 is 5.73 Å². The molecule has 7 N–H and O–H groups in total. The van der Waals surface area contributed by atoms with E-state index in [1.54, 1.807) is 42.5 Å². The molecule has 57 heavy (non-hydrogen) atoms. The number of allylic oxidation sites excluding steroid dienone is 7. The molecule has 0 aliphatic carbocycles. The SMILES string of the molecule is CC/C=C\C[C@@H](O)/C=C/C=C/C=C\C=C/[C@H](O)[C@@H](O)CCCC(=O)OC[C@H](COP(=O)(O)OC[C@H](N)C(=O)O)OC(=O)CCCCCCCCCCCCCCC. The zero-order chi connectivity index (χ0) is 42.6. The lowest BCUT2D eigenvalue weighted by atomic mass is 10.0. The second-order valence-corrected chi connectivity index (χ2v) is 15.4. The Morgan fingerprint density at radius 1 is 0.667 bits per heavy atom. The Hall–Kier alpha value is -2.94. The number of hydrogen-bond donors (Lipinski definition) is 6. The van der Waals surface area contributed by atoms with Gasteiger partial charge in [-0.15, -0.1) is 0 Å². The topological polar surface area (TPSA) is 232 Å². The quantitative estimate of drug-likeness (QED) is 0.0119. The second-order valence-electron chi connectivity index (χ2n) is 14.0. The zero-order valence-corrected chi connectivity index (χ0v) is 35.1. The number of carbonyl (C=O) groups excluding carboxylic acids is 2. The van der Waals surface area contributed by atoms with Crippen molar-refractivity contribution in [3.8, 4) is 0 Å². The number of esters is 2. The number of unbranched alkanes of at least 4 members (excludes halogenated alkanes) is 12. The van der Waals surface area contributed by atoms with Gasteiger partial charge in [0, 0.05) is 12.8 Å². The van der Waals surface area contributed by atoms with E-state index >= 15 is 0 Å². The van der Waals surface area contributed by atoms with Gasteiger partial charge in [0.05, 0.1) is 31.5 Å². The summed E-state index contributed by atoms with van der Waals surface area (Å²) in [5, 5.41) is 39.2. The first-order valence-electron chi connectivity index (χ1n) is 20.6. The summed E-state index contributed by atoms with van der Waals surface area (Å²) >= 11 is 0. The number of carboxylic acids is 1.